The van der Waals surface area contributed by atoms with Crippen molar-refractivity contribution in [2.75, 3.05) is 13.1 Å². The molecule has 1 saturated heterocycles. The fourth-order valence-corrected chi connectivity index (χ4v) is 2.48. The lowest BCUT2D eigenvalue weighted by Gasteiger charge is -2.22. The van der Waals surface area contributed by atoms with Crippen molar-refractivity contribution < 1.29 is 4.79 Å². The number of H-pyrrole nitrogens is 1. The first kappa shape index (κ1) is 12.7. The van der Waals surface area contributed by atoms with Crippen LogP contribution in [0.15, 0.2) is 12.1 Å². The number of carbonyl (C=O) groups excluding carboxylic acids is 1. The van der Waals surface area contributed by atoms with Crippen LogP contribution in [0.2, 0.25) is 10.0 Å². The Balaban J connectivity index is 1.87. The number of amides is 1. The maximum atomic E-state index is 11.7. The monoisotopic (exact) mass is 298 g/mol. The van der Waals surface area contributed by atoms with Gasteiger partial charge in [0, 0.05) is 19.5 Å². The van der Waals surface area contributed by atoms with E-state index in [4.69, 9.17) is 23.2 Å². The molecule has 1 aromatic heterocycles. The van der Waals surface area contributed by atoms with Gasteiger partial charge in [0.25, 0.3) is 0 Å². The summed E-state index contributed by atoms with van der Waals surface area (Å²) in [5, 5.41) is 6.94. The largest absolute Gasteiger partial charge is 0.353 e. The standard InChI is InChI=1S/C12H12Cl2N4O/c13-6-3-8-9(4-7(6)14)18-11(17-8)5-10-12(19)16-2-1-15-10/h3-4,10,15H,1-2,5H2,(H,16,19)(H,17,18). The Labute approximate surface area is 119 Å². The summed E-state index contributed by atoms with van der Waals surface area (Å²) in [6.45, 7) is 1.44. The number of piperazine rings is 1. The molecule has 1 atom stereocenters. The first-order valence-corrected chi connectivity index (χ1v) is 6.74. The van der Waals surface area contributed by atoms with E-state index in [1.807, 2.05) is 0 Å². The third kappa shape index (κ3) is 2.54. The maximum absolute atomic E-state index is 11.7. The summed E-state index contributed by atoms with van der Waals surface area (Å²) in [6, 6.07) is 3.21. The molecule has 19 heavy (non-hydrogen) atoms. The normalized spacial score (nSPS) is 19.7. The van der Waals surface area contributed by atoms with E-state index >= 15 is 0 Å². The second-order valence-electron chi connectivity index (χ2n) is 4.47. The Morgan fingerprint density at radius 2 is 2.05 bits per heavy atom. The average molecular weight is 299 g/mol. The van der Waals surface area contributed by atoms with Crippen LogP contribution in [0.25, 0.3) is 11.0 Å². The summed E-state index contributed by atoms with van der Waals surface area (Å²) in [7, 11) is 0. The summed E-state index contributed by atoms with van der Waals surface area (Å²) < 4.78 is 0. The van der Waals surface area contributed by atoms with E-state index in [0.717, 1.165) is 23.4 Å². The van der Waals surface area contributed by atoms with Gasteiger partial charge in [-0.3, -0.25) is 4.79 Å². The third-order valence-corrected chi connectivity index (χ3v) is 3.82. The highest BCUT2D eigenvalue weighted by Crippen LogP contribution is 2.26. The van der Waals surface area contributed by atoms with Crippen LogP contribution in [0.3, 0.4) is 0 Å². The van der Waals surface area contributed by atoms with Crippen LogP contribution in [0.5, 0.6) is 0 Å². The van der Waals surface area contributed by atoms with Crippen molar-refractivity contribution in [3.05, 3.63) is 28.0 Å². The van der Waals surface area contributed by atoms with Crippen molar-refractivity contribution in [1.82, 2.24) is 20.6 Å². The summed E-state index contributed by atoms with van der Waals surface area (Å²) in [4.78, 5) is 19.2. The molecule has 0 saturated carbocycles. The Morgan fingerprint density at radius 1 is 1.26 bits per heavy atom. The van der Waals surface area contributed by atoms with Gasteiger partial charge in [0.1, 0.15) is 5.82 Å². The number of halogens is 2. The highest BCUT2D eigenvalue weighted by atomic mass is 35.5. The van der Waals surface area contributed by atoms with E-state index in [-0.39, 0.29) is 11.9 Å². The Bertz CT molecular complexity index is 601. The number of aromatic amines is 1. The van der Waals surface area contributed by atoms with Crippen molar-refractivity contribution >= 4 is 40.1 Å². The molecule has 1 aromatic carbocycles. The van der Waals surface area contributed by atoms with E-state index in [2.05, 4.69) is 20.6 Å². The minimum atomic E-state index is -0.250. The lowest BCUT2D eigenvalue weighted by atomic mass is 10.1. The van der Waals surface area contributed by atoms with E-state index < -0.39 is 0 Å². The van der Waals surface area contributed by atoms with Gasteiger partial charge < -0.3 is 15.6 Å². The second kappa shape index (κ2) is 5.00. The summed E-state index contributed by atoms with van der Waals surface area (Å²) in [5.41, 5.74) is 1.57. The van der Waals surface area contributed by atoms with Crippen LogP contribution < -0.4 is 10.6 Å². The minimum Gasteiger partial charge on any atom is -0.353 e. The predicted molar refractivity (Wildman–Crippen MR) is 74.6 cm³/mol. The quantitative estimate of drug-likeness (QED) is 0.787. The molecule has 0 bridgehead atoms. The molecule has 2 aromatic rings. The van der Waals surface area contributed by atoms with Crippen molar-refractivity contribution in [2.24, 2.45) is 0 Å². The molecule has 1 aliphatic heterocycles. The fraction of sp³-hybridized carbons (Fsp3) is 0.333. The summed E-state index contributed by atoms with van der Waals surface area (Å²) >= 11 is 11.9. The average Bonchev–Trinajstić information content (AvgIpc) is 2.74. The number of rotatable bonds is 2. The number of fused-ring (bicyclic) bond motifs is 1. The second-order valence-corrected chi connectivity index (χ2v) is 5.28. The number of benzene rings is 1. The van der Waals surface area contributed by atoms with Crippen molar-refractivity contribution in [3.8, 4) is 0 Å². The zero-order valence-electron chi connectivity index (χ0n) is 9.96. The smallest absolute Gasteiger partial charge is 0.237 e. The molecule has 5 nitrogen and oxygen atoms in total. The van der Waals surface area contributed by atoms with Crippen LogP contribution >= 0.6 is 23.2 Å². The van der Waals surface area contributed by atoms with Crippen molar-refractivity contribution in [1.29, 1.82) is 0 Å². The number of carbonyl (C=O) groups is 1. The fourth-order valence-electron chi connectivity index (χ4n) is 2.16. The van der Waals surface area contributed by atoms with Gasteiger partial charge >= 0.3 is 0 Å². The number of aromatic nitrogens is 2. The molecule has 0 spiro atoms. The molecule has 1 aliphatic rings. The van der Waals surface area contributed by atoms with Crippen LogP contribution in [0.1, 0.15) is 5.82 Å². The molecule has 1 amide bonds. The molecule has 1 unspecified atom stereocenters. The molecule has 100 valence electrons. The van der Waals surface area contributed by atoms with Crippen LogP contribution in [-0.4, -0.2) is 35.0 Å². The lowest BCUT2D eigenvalue weighted by Crippen LogP contribution is -2.53. The summed E-state index contributed by atoms with van der Waals surface area (Å²) in [6.07, 6.45) is 0.510. The first-order chi connectivity index (χ1) is 9.13. The van der Waals surface area contributed by atoms with Crippen LogP contribution in [0, 0.1) is 0 Å². The molecule has 3 rings (SSSR count). The van der Waals surface area contributed by atoms with Gasteiger partial charge in [0.15, 0.2) is 0 Å². The van der Waals surface area contributed by atoms with Gasteiger partial charge in [-0.25, -0.2) is 4.98 Å². The molecule has 3 N–H and O–H groups in total. The minimum absolute atomic E-state index is 0.00257. The predicted octanol–water partition coefficient (Wildman–Crippen LogP) is 1.50. The van der Waals surface area contributed by atoms with E-state index in [1.165, 1.54) is 0 Å². The highest BCUT2D eigenvalue weighted by molar-refractivity contribution is 6.42. The van der Waals surface area contributed by atoms with E-state index in [0.29, 0.717) is 23.0 Å². The SMILES string of the molecule is O=C1NCCNC1Cc1nc2cc(Cl)c(Cl)cc2[nH]1. The molecular formula is C12H12Cl2N4O. The zero-order valence-corrected chi connectivity index (χ0v) is 11.5. The molecule has 0 radical (unpaired) electrons. The number of nitrogens with zero attached hydrogens (tertiary/aromatic N) is 1. The lowest BCUT2D eigenvalue weighted by molar-refractivity contribution is -0.124. The molecule has 7 heteroatoms. The number of imidazole rings is 1. The molecule has 2 heterocycles. The van der Waals surface area contributed by atoms with E-state index in [1.54, 1.807) is 12.1 Å². The Kier molecular flexibility index (Phi) is 3.35. The topological polar surface area (TPSA) is 69.8 Å². The van der Waals surface area contributed by atoms with Gasteiger partial charge in [-0.2, -0.15) is 0 Å². The molecular weight excluding hydrogens is 287 g/mol. The van der Waals surface area contributed by atoms with Crippen LogP contribution in [-0.2, 0) is 11.2 Å². The third-order valence-electron chi connectivity index (χ3n) is 3.10. The molecule has 0 aliphatic carbocycles. The Morgan fingerprint density at radius 3 is 2.84 bits per heavy atom. The number of hydrogen-bond acceptors (Lipinski definition) is 3. The van der Waals surface area contributed by atoms with Crippen molar-refractivity contribution in [3.63, 3.8) is 0 Å². The van der Waals surface area contributed by atoms with E-state index in [9.17, 15) is 4.79 Å². The molecule has 1 fully saturated rings. The van der Waals surface area contributed by atoms with Crippen molar-refractivity contribution in [2.45, 2.75) is 12.5 Å². The Hall–Kier alpha value is -1.30. The zero-order chi connectivity index (χ0) is 13.4. The van der Waals surface area contributed by atoms with Crippen LogP contribution in [0.4, 0.5) is 0 Å². The number of hydrogen-bond donors (Lipinski definition) is 3. The van der Waals surface area contributed by atoms with Gasteiger partial charge in [0.05, 0.1) is 27.1 Å². The first-order valence-electron chi connectivity index (χ1n) is 5.98. The number of nitrogens with one attached hydrogen (secondary N) is 3. The maximum Gasteiger partial charge on any atom is 0.237 e. The van der Waals surface area contributed by atoms with Gasteiger partial charge in [0.2, 0.25) is 5.91 Å². The van der Waals surface area contributed by atoms with Gasteiger partial charge in [-0.1, -0.05) is 23.2 Å². The van der Waals surface area contributed by atoms with Gasteiger partial charge in [-0.05, 0) is 12.1 Å². The highest BCUT2D eigenvalue weighted by Gasteiger charge is 2.22. The summed E-state index contributed by atoms with van der Waals surface area (Å²) in [5.74, 6) is 0.741. The van der Waals surface area contributed by atoms with Gasteiger partial charge in [-0.15, -0.1) is 0 Å².